The van der Waals surface area contributed by atoms with Crippen LogP contribution in [0.5, 0.6) is 0 Å². The molecule has 3 heterocycles. The van der Waals surface area contributed by atoms with Gasteiger partial charge in [-0.15, -0.1) is 0 Å². The minimum absolute atomic E-state index is 0.0377. The second kappa shape index (κ2) is 7.05. The topological polar surface area (TPSA) is 61.9 Å². The molecule has 0 aromatic carbocycles. The highest BCUT2D eigenvalue weighted by atomic mass is 79.9. The average molecular weight is 391 g/mol. The van der Waals surface area contributed by atoms with E-state index in [2.05, 4.69) is 44.7 Å². The fourth-order valence-corrected chi connectivity index (χ4v) is 3.28. The number of carbonyl (C=O) groups excluding carboxylic acids is 1. The minimum atomic E-state index is 0.0377. The number of H-pyrrole nitrogens is 1. The molecule has 1 aliphatic rings. The quantitative estimate of drug-likeness (QED) is 0.795. The van der Waals surface area contributed by atoms with E-state index in [4.69, 9.17) is 0 Å². The van der Waals surface area contributed by atoms with Crippen molar-refractivity contribution in [2.75, 3.05) is 6.54 Å². The maximum atomic E-state index is 12.8. The molecule has 0 bridgehead atoms. The Hall–Kier alpha value is -1.69. The molecule has 24 heavy (non-hydrogen) atoms. The Morgan fingerprint density at radius 2 is 2.08 bits per heavy atom. The van der Waals surface area contributed by atoms with Gasteiger partial charge in [0.25, 0.3) is 0 Å². The molecule has 6 heteroatoms. The first-order valence-corrected chi connectivity index (χ1v) is 9.24. The molecule has 0 radical (unpaired) electrons. The number of halogens is 1. The third-order valence-corrected chi connectivity index (χ3v) is 5.34. The molecule has 1 N–H and O–H groups in total. The molecule has 0 aliphatic carbocycles. The summed E-state index contributed by atoms with van der Waals surface area (Å²) in [7, 11) is 0. The standard InChI is InChI=1S/C18H23BrN4O/c1-11(2)12(3)18(24)23-8-4-5-15(23)17-21-10-14(22-17)13-6-7-16(19)20-9-13/h6-7,9-12,15H,4-5,8H2,1-3H3,(H,21,22)/t12-,15?/m0/s1. The summed E-state index contributed by atoms with van der Waals surface area (Å²) in [5, 5.41) is 0. The molecule has 0 spiro atoms. The van der Waals surface area contributed by atoms with Crippen molar-refractivity contribution >= 4 is 21.8 Å². The van der Waals surface area contributed by atoms with Gasteiger partial charge in [0.05, 0.1) is 17.9 Å². The molecule has 2 aromatic rings. The number of likely N-dealkylation sites (tertiary alicyclic amines) is 1. The Bertz CT molecular complexity index is 710. The van der Waals surface area contributed by atoms with Crippen LogP contribution in [-0.4, -0.2) is 32.3 Å². The van der Waals surface area contributed by atoms with Gasteiger partial charge in [0.1, 0.15) is 10.4 Å². The SMILES string of the molecule is CC(C)[C@H](C)C(=O)N1CCCC1c1ncc(-c2ccc(Br)nc2)[nH]1. The zero-order valence-corrected chi connectivity index (χ0v) is 15.9. The van der Waals surface area contributed by atoms with Crippen molar-refractivity contribution in [3.05, 3.63) is 35.0 Å². The molecule has 2 atom stereocenters. The van der Waals surface area contributed by atoms with Gasteiger partial charge >= 0.3 is 0 Å². The Labute approximate surface area is 151 Å². The molecule has 1 saturated heterocycles. The number of amides is 1. The average Bonchev–Trinajstić information content (AvgIpc) is 3.22. The number of nitrogens with zero attached hydrogens (tertiary/aromatic N) is 3. The summed E-state index contributed by atoms with van der Waals surface area (Å²) in [4.78, 5) is 26.9. The van der Waals surface area contributed by atoms with Gasteiger partial charge in [0.2, 0.25) is 5.91 Å². The number of hydrogen-bond acceptors (Lipinski definition) is 3. The van der Waals surface area contributed by atoms with Crippen molar-refractivity contribution in [2.24, 2.45) is 11.8 Å². The van der Waals surface area contributed by atoms with E-state index in [-0.39, 0.29) is 17.9 Å². The second-order valence-corrected chi connectivity index (χ2v) is 7.59. The van der Waals surface area contributed by atoms with Crippen molar-refractivity contribution < 1.29 is 4.79 Å². The third kappa shape index (κ3) is 3.38. The fourth-order valence-electron chi connectivity index (χ4n) is 3.05. The van der Waals surface area contributed by atoms with E-state index in [0.29, 0.717) is 5.92 Å². The summed E-state index contributed by atoms with van der Waals surface area (Å²) in [5.74, 6) is 1.49. The Kier molecular flexibility index (Phi) is 5.04. The van der Waals surface area contributed by atoms with Crippen LogP contribution < -0.4 is 0 Å². The first kappa shape index (κ1) is 17.1. The number of nitrogens with one attached hydrogen (secondary N) is 1. The van der Waals surface area contributed by atoms with Gasteiger partial charge in [-0.05, 0) is 46.8 Å². The van der Waals surface area contributed by atoms with Gasteiger partial charge in [0, 0.05) is 24.2 Å². The number of hydrogen-bond donors (Lipinski definition) is 1. The van der Waals surface area contributed by atoms with Crippen LogP contribution in [0.1, 0.15) is 45.5 Å². The van der Waals surface area contributed by atoms with E-state index in [1.165, 1.54) is 0 Å². The van der Waals surface area contributed by atoms with Crippen LogP contribution in [0.4, 0.5) is 0 Å². The van der Waals surface area contributed by atoms with E-state index in [1.807, 2.05) is 30.2 Å². The van der Waals surface area contributed by atoms with Crippen molar-refractivity contribution in [1.29, 1.82) is 0 Å². The molecule has 1 fully saturated rings. The molecule has 1 amide bonds. The van der Waals surface area contributed by atoms with Crippen LogP contribution >= 0.6 is 15.9 Å². The van der Waals surface area contributed by atoms with Crippen molar-refractivity contribution in [1.82, 2.24) is 19.9 Å². The predicted molar refractivity (Wildman–Crippen MR) is 97.2 cm³/mol. The smallest absolute Gasteiger partial charge is 0.226 e. The second-order valence-electron chi connectivity index (χ2n) is 6.77. The van der Waals surface area contributed by atoms with E-state index in [0.717, 1.165) is 41.1 Å². The predicted octanol–water partition coefficient (Wildman–Crippen LogP) is 4.19. The first-order chi connectivity index (χ1) is 11.5. The van der Waals surface area contributed by atoms with Crippen molar-refractivity contribution in [3.63, 3.8) is 0 Å². The summed E-state index contributed by atoms with van der Waals surface area (Å²) in [6, 6.07) is 3.95. The van der Waals surface area contributed by atoms with E-state index < -0.39 is 0 Å². The minimum Gasteiger partial charge on any atom is -0.340 e. The molecule has 2 aromatic heterocycles. The van der Waals surface area contributed by atoms with Gasteiger partial charge < -0.3 is 9.88 Å². The number of carbonyl (C=O) groups is 1. The summed E-state index contributed by atoms with van der Waals surface area (Å²) in [6.45, 7) is 7.03. The molecule has 128 valence electrons. The maximum Gasteiger partial charge on any atom is 0.226 e. The lowest BCUT2D eigenvalue weighted by Gasteiger charge is -2.27. The van der Waals surface area contributed by atoms with Crippen LogP contribution in [-0.2, 0) is 4.79 Å². The summed E-state index contributed by atoms with van der Waals surface area (Å²) < 4.78 is 0.807. The van der Waals surface area contributed by atoms with E-state index in [1.54, 1.807) is 6.20 Å². The summed E-state index contributed by atoms with van der Waals surface area (Å²) >= 11 is 3.34. The molecule has 1 aliphatic heterocycles. The van der Waals surface area contributed by atoms with Gasteiger partial charge in [-0.3, -0.25) is 4.79 Å². The zero-order chi connectivity index (χ0) is 17.3. The van der Waals surface area contributed by atoms with Gasteiger partial charge in [-0.2, -0.15) is 0 Å². The number of aromatic nitrogens is 3. The zero-order valence-electron chi connectivity index (χ0n) is 14.3. The van der Waals surface area contributed by atoms with Crippen LogP contribution in [0, 0.1) is 11.8 Å². The van der Waals surface area contributed by atoms with E-state index >= 15 is 0 Å². The van der Waals surface area contributed by atoms with E-state index in [9.17, 15) is 4.79 Å². The Balaban J connectivity index is 1.81. The molecule has 5 nitrogen and oxygen atoms in total. The highest BCUT2D eigenvalue weighted by Gasteiger charge is 2.34. The molecule has 0 saturated carbocycles. The number of imidazole rings is 1. The van der Waals surface area contributed by atoms with Gasteiger partial charge in [-0.1, -0.05) is 20.8 Å². The lowest BCUT2D eigenvalue weighted by Crippen LogP contribution is -2.36. The van der Waals surface area contributed by atoms with Crippen molar-refractivity contribution in [3.8, 4) is 11.3 Å². The van der Waals surface area contributed by atoms with Gasteiger partial charge in [0.15, 0.2) is 0 Å². The molecule has 3 rings (SSSR count). The number of rotatable bonds is 4. The highest BCUT2D eigenvalue weighted by molar-refractivity contribution is 9.10. The number of pyridine rings is 1. The lowest BCUT2D eigenvalue weighted by molar-refractivity contribution is -0.137. The molecule has 1 unspecified atom stereocenters. The molecular weight excluding hydrogens is 368 g/mol. The van der Waals surface area contributed by atoms with Crippen molar-refractivity contribution in [2.45, 2.75) is 39.7 Å². The molecular formula is C18H23BrN4O. The summed E-state index contributed by atoms with van der Waals surface area (Å²) in [5.41, 5.74) is 1.92. The maximum absolute atomic E-state index is 12.8. The van der Waals surface area contributed by atoms with Crippen LogP contribution in [0.2, 0.25) is 0 Å². The normalized spacial score (nSPS) is 19.0. The largest absolute Gasteiger partial charge is 0.340 e. The fraction of sp³-hybridized carbons (Fsp3) is 0.500. The monoisotopic (exact) mass is 390 g/mol. The number of aromatic amines is 1. The first-order valence-electron chi connectivity index (χ1n) is 8.44. The summed E-state index contributed by atoms with van der Waals surface area (Å²) in [6.07, 6.45) is 5.62. The van der Waals surface area contributed by atoms with Crippen LogP contribution in [0.3, 0.4) is 0 Å². The van der Waals surface area contributed by atoms with Crippen LogP contribution in [0.15, 0.2) is 29.1 Å². The Morgan fingerprint density at radius 3 is 2.75 bits per heavy atom. The third-order valence-electron chi connectivity index (χ3n) is 4.87. The lowest BCUT2D eigenvalue weighted by atomic mass is 9.96. The Morgan fingerprint density at radius 1 is 1.29 bits per heavy atom. The van der Waals surface area contributed by atoms with Gasteiger partial charge in [-0.25, -0.2) is 9.97 Å². The highest BCUT2D eigenvalue weighted by Crippen LogP contribution is 2.33. The van der Waals surface area contributed by atoms with Crippen LogP contribution in [0.25, 0.3) is 11.3 Å².